The fourth-order valence-corrected chi connectivity index (χ4v) is 3.86. The van der Waals surface area contributed by atoms with Crippen LogP contribution in [0.5, 0.6) is 0 Å². The van der Waals surface area contributed by atoms with Crippen LogP contribution in [-0.2, 0) is 19.6 Å². The summed E-state index contributed by atoms with van der Waals surface area (Å²) >= 11 is 1.40. The van der Waals surface area contributed by atoms with Gasteiger partial charge in [-0.3, -0.25) is 9.59 Å². The molecule has 0 spiro atoms. The van der Waals surface area contributed by atoms with E-state index >= 15 is 0 Å². The summed E-state index contributed by atoms with van der Waals surface area (Å²) in [5.74, 6) is -0.594. The van der Waals surface area contributed by atoms with Crippen molar-refractivity contribution >= 4 is 39.3 Å². The molecule has 0 fully saturated rings. The van der Waals surface area contributed by atoms with E-state index in [-0.39, 0.29) is 23.8 Å². The summed E-state index contributed by atoms with van der Waals surface area (Å²) in [5, 5.41) is 11.2. The molecule has 9 heteroatoms. The molecule has 7 nitrogen and oxygen atoms in total. The number of carboxylic acids is 1. The first-order chi connectivity index (χ1) is 9.88. The Morgan fingerprint density at radius 3 is 2.90 bits per heavy atom. The zero-order valence-electron chi connectivity index (χ0n) is 11.0. The number of fused-ring (bicyclic) bond motifs is 1. The largest absolute Gasteiger partial charge is 0.481 e. The Bertz CT molecular complexity index is 672. The van der Waals surface area contributed by atoms with Gasteiger partial charge in [0, 0.05) is 23.6 Å². The number of anilines is 1. The highest BCUT2D eigenvalue weighted by Crippen LogP contribution is 2.32. The molecule has 114 valence electrons. The Balaban J connectivity index is 2.19. The molecule has 1 aromatic rings. The normalized spacial score (nSPS) is 15.0. The van der Waals surface area contributed by atoms with Crippen LogP contribution < -0.4 is 10.0 Å². The number of nitrogens with one attached hydrogen (secondary N) is 2. The van der Waals surface area contributed by atoms with Gasteiger partial charge in [0.05, 0.1) is 17.0 Å². The summed E-state index contributed by atoms with van der Waals surface area (Å²) in [6.45, 7) is -0.168. The summed E-state index contributed by atoms with van der Waals surface area (Å²) in [7, 11) is -3.75. The lowest BCUT2D eigenvalue weighted by molar-refractivity contribution is -0.136. The molecule has 0 saturated carbocycles. The van der Waals surface area contributed by atoms with E-state index in [4.69, 9.17) is 5.11 Å². The van der Waals surface area contributed by atoms with Crippen molar-refractivity contribution in [2.45, 2.75) is 22.6 Å². The monoisotopic (exact) mass is 330 g/mol. The van der Waals surface area contributed by atoms with Gasteiger partial charge in [-0.2, -0.15) is 0 Å². The van der Waals surface area contributed by atoms with E-state index in [9.17, 15) is 18.0 Å². The van der Waals surface area contributed by atoms with Crippen LogP contribution in [0.1, 0.15) is 12.8 Å². The molecule has 1 heterocycles. The van der Waals surface area contributed by atoms with Crippen molar-refractivity contribution in [3.05, 3.63) is 18.2 Å². The minimum atomic E-state index is -3.75. The van der Waals surface area contributed by atoms with E-state index in [0.717, 1.165) is 0 Å². The van der Waals surface area contributed by atoms with Gasteiger partial charge in [-0.25, -0.2) is 13.1 Å². The fraction of sp³-hybridized carbons (Fsp3) is 0.333. The number of carbonyl (C=O) groups excluding carboxylic acids is 1. The molecule has 0 aliphatic carbocycles. The van der Waals surface area contributed by atoms with Gasteiger partial charge in [0.25, 0.3) is 0 Å². The number of hydrogen-bond donors (Lipinski definition) is 3. The number of amides is 1. The molecule has 0 unspecified atom stereocenters. The Morgan fingerprint density at radius 1 is 1.43 bits per heavy atom. The Labute approximate surface area is 126 Å². The van der Waals surface area contributed by atoms with Crippen molar-refractivity contribution in [1.82, 2.24) is 4.72 Å². The summed E-state index contributed by atoms with van der Waals surface area (Å²) in [6, 6.07) is 4.40. The van der Waals surface area contributed by atoms with E-state index < -0.39 is 16.0 Å². The highest BCUT2D eigenvalue weighted by Gasteiger charge is 2.19. The van der Waals surface area contributed by atoms with Crippen LogP contribution in [-0.4, -0.2) is 37.7 Å². The second-order valence-electron chi connectivity index (χ2n) is 4.35. The highest BCUT2D eigenvalue weighted by molar-refractivity contribution is 7.99. The van der Waals surface area contributed by atoms with Crippen LogP contribution in [0, 0.1) is 0 Å². The lowest BCUT2D eigenvalue weighted by atomic mass is 10.3. The molecular formula is C12H14N2O5S2. The Hall–Kier alpha value is -1.58. The average molecular weight is 330 g/mol. The zero-order valence-corrected chi connectivity index (χ0v) is 12.6. The quantitative estimate of drug-likeness (QED) is 0.738. The van der Waals surface area contributed by atoms with Crippen LogP contribution in [0.25, 0.3) is 0 Å². The lowest BCUT2D eigenvalue weighted by Crippen LogP contribution is -2.26. The second kappa shape index (κ2) is 6.46. The number of carboxylic acid groups (broad SMARTS) is 1. The number of hydrogen-bond acceptors (Lipinski definition) is 5. The smallest absolute Gasteiger partial charge is 0.304 e. The number of thioether (sulfide) groups is 1. The standard InChI is InChI=1S/C12H14N2O5S2/c15-11-4-6-20-10-7-8(1-2-9(10)14-11)21(18,19)13-5-3-12(16)17/h1-2,7,13H,3-6H2,(H,14,15)(H,16,17). The van der Waals surface area contributed by atoms with Crippen molar-refractivity contribution in [3.8, 4) is 0 Å². The third-order valence-electron chi connectivity index (χ3n) is 2.76. The van der Waals surface area contributed by atoms with Gasteiger partial charge in [0.1, 0.15) is 0 Å². The first-order valence-corrected chi connectivity index (χ1v) is 8.63. The lowest BCUT2D eigenvalue weighted by Gasteiger charge is -2.10. The highest BCUT2D eigenvalue weighted by atomic mass is 32.2. The number of rotatable bonds is 5. The summed E-state index contributed by atoms with van der Waals surface area (Å²) in [6.07, 6.45) is 0.0905. The summed E-state index contributed by atoms with van der Waals surface area (Å²) in [4.78, 5) is 22.6. The molecule has 1 aliphatic heterocycles. The van der Waals surface area contributed by atoms with Crippen LogP contribution >= 0.6 is 11.8 Å². The van der Waals surface area contributed by atoms with E-state index in [1.165, 1.54) is 30.0 Å². The molecule has 21 heavy (non-hydrogen) atoms. The molecular weight excluding hydrogens is 316 g/mol. The maximum absolute atomic E-state index is 12.0. The molecule has 0 aromatic heterocycles. The van der Waals surface area contributed by atoms with Crippen LogP contribution in [0.2, 0.25) is 0 Å². The third-order valence-corrected chi connectivity index (χ3v) is 5.27. The molecule has 1 aliphatic rings. The van der Waals surface area contributed by atoms with Crippen LogP contribution in [0.15, 0.2) is 28.0 Å². The Kier molecular flexibility index (Phi) is 4.86. The predicted molar refractivity (Wildman–Crippen MR) is 77.9 cm³/mol. The van der Waals surface area contributed by atoms with Gasteiger partial charge in [-0.15, -0.1) is 11.8 Å². The van der Waals surface area contributed by atoms with Gasteiger partial charge in [-0.1, -0.05) is 0 Å². The van der Waals surface area contributed by atoms with Gasteiger partial charge in [-0.05, 0) is 18.2 Å². The first kappa shape index (κ1) is 15.8. The van der Waals surface area contributed by atoms with Crippen molar-refractivity contribution in [1.29, 1.82) is 0 Å². The van der Waals surface area contributed by atoms with E-state index in [0.29, 0.717) is 22.8 Å². The molecule has 2 rings (SSSR count). The second-order valence-corrected chi connectivity index (χ2v) is 7.25. The average Bonchev–Trinajstić information content (AvgIpc) is 2.57. The number of aliphatic carboxylic acids is 1. The first-order valence-electron chi connectivity index (χ1n) is 6.16. The zero-order chi connectivity index (χ0) is 15.5. The minimum absolute atomic E-state index is 0.0512. The number of benzene rings is 1. The molecule has 1 amide bonds. The maximum atomic E-state index is 12.0. The van der Waals surface area contributed by atoms with Gasteiger partial charge >= 0.3 is 5.97 Å². The molecule has 0 radical (unpaired) electrons. The van der Waals surface area contributed by atoms with Crippen LogP contribution in [0.4, 0.5) is 5.69 Å². The fourth-order valence-electron chi connectivity index (χ4n) is 1.73. The predicted octanol–water partition coefficient (Wildman–Crippen LogP) is 0.874. The minimum Gasteiger partial charge on any atom is -0.481 e. The SMILES string of the molecule is O=C(O)CCNS(=O)(=O)c1ccc2c(c1)SCCC(=O)N2. The Morgan fingerprint density at radius 2 is 2.19 bits per heavy atom. The van der Waals surface area contributed by atoms with Crippen molar-refractivity contribution in [2.24, 2.45) is 0 Å². The molecule has 1 aromatic carbocycles. The van der Waals surface area contributed by atoms with Gasteiger partial charge in [0.15, 0.2) is 0 Å². The van der Waals surface area contributed by atoms with Crippen molar-refractivity contribution in [2.75, 3.05) is 17.6 Å². The summed E-state index contributed by atoms with van der Waals surface area (Å²) < 4.78 is 26.3. The number of sulfonamides is 1. The van der Waals surface area contributed by atoms with Gasteiger partial charge < -0.3 is 10.4 Å². The van der Waals surface area contributed by atoms with Crippen molar-refractivity contribution in [3.63, 3.8) is 0 Å². The molecule has 3 N–H and O–H groups in total. The maximum Gasteiger partial charge on any atom is 0.304 e. The van der Waals surface area contributed by atoms with E-state index in [2.05, 4.69) is 10.0 Å². The number of carbonyl (C=O) groups is 2. The summed E-state index contributed by atoms with van der Waals surface area (Å²) in [5.41, 5.74) is 0.590. The van der Waals surface area contributed by atoms with Crippen LogP contribution in [0.3, 0.4) is 0 Å². The van der Waals surface area contributed by atoms with E-state index in [1.54, 1.807) is 0 Å². The van der Waals surface area contributed by atoms with Crippen molar-refractivity contribution < 1.29 is 23.1 Å². The molecule has 0 atom stereocenters. The topological polar surface area (TPSA) is 113 Å². The van der Waals surface area contributed by atoms with Gasteiger partial charge in [0.2, 0.25) is 15.9 Å². The molecule has 0 bridgehead atoms. The van der Waals surface area contributed by atoms with E-state index in [1.807, 2.05) is 0 Å². The molecule has 0 saturated heterocycles. The third kappa shape index (κ3) is 4.19.